The Balaban J connectivity index is 2.54. The zero-order chi connectivity index (χ0) is 11.5. The average molecular weight is 208 g/mol. The molecule has 0 atom stereocenters. The fourth-order valence-corrected chi connectivity index (χ4v) is 1.27. The van der Waals surface area contributed by atoms with Crippen molar-refractivity contribution in [3.05, 3.63) is 29.3 Å². The molecule has 2 heteroatoms. The third kappa shape index (κ3) is 4.34. The lowest BCUT2D eigenvalue weighted by Gasteiger charge is -2.17. The van der Waals surface area contributed by atoms with Crippen LogP contribution in [0.3, 0.4) is 0 Å². The topological polar surface area (TPSA) is 29.5 Å². The van der Waals surface area contributed by atoms with Gasteiger partial charge in [0.05, 0.1) is 12.2 Å². The molecule has 0 fully saturated rings. The van der Waals surface area contributed by atoms with Crippen LogP contribution in [0.4, 0.5) is 0 Å². The first-order valence-corrected chi connectivity index (χ1v) is 5.31. The molecule has 0 saturated carbocycles. The van der Waals surface area contributed by atoms with E-state index in [0.717, 1.165) is 11.3 Å². The summed E-state index contributed by atoms with van der Waals surface area (Å²) in [6.45, 7) is 8.20. The van der Waals surface area contributed by atoms with Gasteiger partial charge in [-0.1, -0.05) is 12.1 Å². The molecule has 1 rings (SSSR count). The number of rotatable bonds is 4. The third-order valence-electron chi connectivity index (χ3n) is 2.32. The highest BCUT2D eigenvalue weighted by Crippen LogP contribution is 2.20. The quantitative estimate of drug-likeness (QED) is 0.824. The van der Waals surface area contributed by atoms with E-state index in [9.17, 15) is 5.11 Å². The van der Waals surface area contributed by atoms with Crippen LogP contribution in [0, 0.1) is 13.8 Å². The van der Waals surface area contributed by atoms with Gasteiger partial charge in [-0.3, -0.25) is 0 Å². The normalized spacial score (nSPS) is 11.5. The van der Waals surface area contributed by atoms with E-state index >= 15 is 0 Å². The minimum Gasteiger partial charge on any atom is -0.493 e. The zero-order valence-electron chi connectivity index (χ0n) is 10.0. The Hall–Kier alpha value is -1.02. The standard InChI is InChI=1S/C13H20O2/c1-10-5-6-11(2)12(9-10)15-8-7-13(3,4)14/h5-6,9,14H,7-8H2,1-4H3. The minimum atomic E-state index is -0.655. The molecule has 0 aliphatic heterocycles. The number of aliphatic hydroxyl groups is 1. The van der Waals surface area contributed by atoms with Gasteiger partial charge in [-0.05, 0) is 44.9 Å². The summed E-state index contributed by atoms with van der Waals surface area (Å²) in [6.07, 6.45) is 0.639. The molecular weight excluding hydrogens is 188 g/mol. The Labute approximate surface area is 91.9 Å². The van der Waals surface area contributed by atoms with Gasteiger partial charge >= 0.3 is 0 Å². The molecule has 0 heterocycles. The van der Waals surface area contributed by atoms with Crippen LogP contribution in [-0.2, 0) is 0 Å². The van der Waals surface area contributed by atoms with Gasteiger partial charge in [-0.2, -0.15) is 0 Å². The van der Waals surface area contributed by atoms with Crippen molar-refractivity contribution in [2.45, 2.75) is 39.7 Å². The van der Waals surface area contributed by atoms with Crippen LogP contribution in [0.1, 0.15) is 31.4 Å². The van der Waals surface area contributed by atoms with Gasteiger partial charge in [-0.15, -0.1) is 0 Å². The second-order valence-corrected chi connectivity index (χ2v) is 4.68. The number of benzene rings is 1. The van der Waals surface area contributed by atoms with Crippen molar-refractivity contribution in [1.29, 1.82) is 0 Å². The number of hydrogen-bond donors (Lipinski definition) is 1. The van der Waals surface area contributed by atoms with Crippen molar-refractivity contribution in [2.24, 2.45) is 0 Å². The zero-order valence-corrected chi connectivity index (χ0v) is 10.0. The monoisotopic (exact) mass is 208 g/mol. The van der Waals surface area contributed by atoms with Crippen LogP contribution in [0.15, 0.2) is 18.2 Å². The molecule has 0 radical (unpaired) electrons. The summed E-state index contributed by atoms with van der Waals surface area (Å²) < 4.78 is 5.63. The smallest absolute Gasteiger partial charge is 0.122 e. The molecule has 0 spiro atoms. The second kappa shape index (κ2) is 4.67. The van der Waals surface area contributed by atoms with E-state index in [4.69, 9.17) is 4.74 Å². The summed E-state index contributed by atoms with van der Waals surface area (Å²) in [5, 5.41) is 9.54. The highest BCUT2D eigenvalue weighted by atomic mass is 16.5. The molecule has 1 aromatic carbocycles. The van der Waals surface area contributed by atoms with Crippen LogP contribution in [0.5, 0.6) is 5.75 Å². The summed E-state index contributed by atoms with van der Waals surface area (Å²) >= 11 is 0. The molecule has 1 aromatic rings. The summed E-state index contributed by atoms with van der Waals surface area (Å²) in [6, 6.07) is 6.15. The Morgan fingerprint density at radius 1 is 1.27 bits per heavy atom. The van der Waals surface area contributed by atoms with Crippen LogP contribution in [-0.4, -0.2) is 17.3 Å². The Kier molecular flexibility index (Phi) is 3.75. The molecule has 0 aliphatic rings. The Bertz CT molecular complexity index is 324. The van der Waals surface area contributed by atoms with Crippen LogP contribution >= 0.6 is 0 Å². The van der Waals surface area contributed by atoms with Crippen molar-refractivity contribution in [3.8, 4) is 5.75 Å². The van der Waals surface area contributed by atoms with Gasteiger partial charge in [0.2, 0.25) is 0 Å². The predicted molar refractivity (Wildman–Crippen MR) is 62.3 cm³/mol. The molecule has 2 nitrogen and oxygen atoms in total. The minimum absolute atomic E-state index is 0.549. The van der Waals surface area contributed by atoms with Crippen molar-refractivity contribution in [2.75, 3.05) is 6.61 Å². The first kappa shape index (κ1) is 12.1. The van der Waals surface area contributed by atoms with Crippen LogP contribution in [0.2, 0.25) is 0 Å². The molecule has 0 aliphatic carbocycles. The first-order valence-electron chi connectivity index (χ1n) is 5.31. The van der Waals surface area contributed by atoms with Crippen molar-refractivity contribution in [1.82, 2.24) is 0 Å². The number of hydrogen-bond acceptors (Lipinski definition) is 2. The van der Waals surface area contributed by atoms with Crippen LogP contribution < -0.4 is 4.74 Å². The fraction of sp³-hybridized carbons (Fsp3) is 0.538. The summed E-state index contributed by atoms with van der Waals surface area (Å²) in [5.41, 5.74) is 1.67. The molecule has 0 bridgehead atoms. The van der Waals surface area contributed by atoms with E-state index < -0.39 is 5.60 Å². The summed E-state index contributed by atoms with van der Waals surface area (Å²) in [7, 11) is 0. The van der Waals surface area contributed by atoms with Gasteiger partial charge < -0.3 is 9.84 Å². The lowest BCUT2D eigenvalue weighted by molar-refractivity contribution is 0.0552. The van der Waals surface area contributed by atoms with Crippen molar-refractivity contribution in [3.63, 3.8) is 0 Å². The number of ether oxygens (including phenoxy) is 1. The molecule has 15 heavy (non-hydrogen) atoms. The predicted octanol–water partition coefficient (Wildman–Crippen LogP) is 2.84. The maximum Gasteiger partial charge on any atom is 0.122 e. The van der Waals surface area contributed by atoms with E-state index in [0.29, 0.717) is 13.0 Å². The maximum absolute atomic E-state index is 9.54. The molecule has 1 N–H and O–H groups in total. The average Bonchev–Trinajstić information content (AvgIpc) is 2.09. The summed E-state index contributed by atoms with van der Waals surface area (Å²) in [4.78, 5) is 0. The molecule has 0 amide bonds. The van der Waals surface area contributed by atoms with Crippen molar-refractivity contribution < 1.29 is 9.84 Å². The lowest BCUT2D eigenvalue weighted by atomic mass is 10.1. The lowest BCUT2D eigenvalue weighted by Crippen LogP contribution is -2.21. The Morgan fingerprint density at radius 2 is 1.93 bits per heavy atom. The van der Waals surface area contributed by atoms with Crippen molar-refractivity contribution >= 4 is 0 Å². The van der Waals surface area contributed by atoms with Gasteiger partial charge in [-0.25, -0.2) is 0 Å². The molecule has 84 valence electrons. The SMILES string of the molecule is Cc1ccc(C)c(OCCC(C)(C)O)c1. The largest absolute Gasteiger partial charge is 0.493 e. The first-order chi connectivity index (χ1) is 6.88. The fourth-order valence-electron chi connectivity index (χ4n) is 1.27. The highest BCUT2D eigenvalue weighted by molar-refractivity contribution is 5.35. The molecule has 0 aromatic heterocycles. The Morgan fingerprint density at radius 3 is 2.53 bits per heavy atom. The molecule has 0 saturated heterocycles. The van der Waals surface area contributed by atoms with Crippen LogP contribution in [0.25, 0.3) is 0 Å². The van der Waals surface area contributed by atoms with E-state index in [1.54, 1.807) is 13.8 Å². The van der Waals surface area contributed by atoms with Gasteiger partial charge in [0.25, 0.3) is 0 Å². The summed E-state index contributed by atoms with van der Waals surface area (Å²) in [5.74, 6) is 0.916. The van der Waals surface area contributed by atoms with E-state index in [1.807, 2.05) is 19.9 Å². The van der Waals surface area contributed by atoms with Gasteiger partial charge in [0, 0.05) is 6.42 Å². The second-order valence-electron chi connectivity index (χ2n) is 4.68. The van der Waals surface area contributed by atoms with E-state index in [2.05, 4.69) is 12.1 Å². The van der Waals surface area contributed by atoms with Gasteiger partial charge in [0.1, 0.15) is 5.75 Å². The van der Waals surface area contributed by atoms with Gasteiger partial charge in [0.15, 0.2) is 0 Å². The van der Waals surface area contributed by atoms with E-state index in [-0.39, 0.29) is 0 Å². The number of aryl methyl sites for hydroxylation is 2. The third-order valence-corrected chi connectivity index (χ3v) is 2.32. The maximum atomic E-state index is 9.54. The highest BCUT2D eigenvalue weighted by Gasteiger charge is 2.12. The van der Waals surface area contributed by atoms with E-state index in [1.165, 1.54) is 5.56 Å². The molecule has 0 unspecified atom stereocenters. The molecular formula is C13H20O2.